The Balaban J connectivity index is 2.25. The maximum Gasteiger partial charge on any atom is 0.0610 e. The minimum atomic E-state index is -2.26. The van der Waals surface area contributed by atoms with E-state index in [2.05, 4.69) is 34.9 Å². The van der Waals surface area contributed by atoms with Crippen LogP contribution in [0.25, 0.3) is 10.9 Å². The van der Waals surface area contributed by atoms with Crippen molar-refractivity contribution in [2.24, 2.45) is 0 Å². The summed E-state index contributed by atoms with van der Waals surface area (Å²) in [6.45, 7) is 0. The molecule has 0 aliphatic heterocycles. The van der Waals surface area contributed by atoms with Gasteiger partial charge in [0.1, 0.15) is 0 Å². The second-order valence-corrected chi connectivity index (χ2v) is 7.53. The number of benzene rings is 1. The number of hydrogen-bond donors (Lipinski definition) is 0. The van der Waals surface area contributed by atoms with Gasteiger partial charge in [-0.3, -0.25) is 8.18 Å². The molecule has 0 N–H and O–H groups in total. The predicted molar refractivity (Wildman–Crippen MR) is 88.1 cm³/mol. The van der Waals surface area contributed by atoms with Gasteiger partial charge in [-0.1, -0.05) is 15.9 Å². The second-order valence-electron chi connectivity index (χ2n) is 5.81. The number of nitrogens with zero attached hydrogens (tertiary/aromatic N) is 2. The van der Waals surface area contributed by atoms with E-state index in [9.17, 15) is 8.76 Å². The molecule has 1 aliphatic carbocycles. The van der Waals surface area contributed by atoms with Crippen molar-refractivity contribution in [1.29, 1.82) is 0 Å². The van der Waals surface area contributed by atoms with Crippen LogP contribution in [0.3, 0.4) is 0 Å². The molecule has 21 heavy (non-hydrogen) atoms. The van der Waals surface area contributed by atoms with Gasteiger partial charge in [0.15, 0.2) is 0 Å². The topological polar surface area (TPSA) is 48.3 Å². The van der Waals surface area contributed by atoms with Crippen molar-refractivity contribution >= 4 is 38.1 Å². The van der Waals surface area contributed by atoms with Crippen molar-refractivity contribution in [2.45, 2.75) is 31.7 Å². The Morgan fingerprint density at radius 2 is 2.19 bits per heavy atom. The monoisotopic (exact) mass is 369 g/mol. The summed E-state index contributed by atoms with van der Waals surface area (Å²) < 4.78 is 25.9. The van der Waals surface area contributed by atoms with Crippen LogP contribution >= 0.6 is 15.9 Å². The van der Waals surface area contributed by atoms with Crippen molar-refractivity contribution in [1.82, 2.24) is 8.87 Å². The highest BCUT2D eigenvalue weighted by molar-refractivity contribution is 9.10. The molecule has 6 heteroatoms. The summed E-state index contributed by atoms with van der Waals surface area (Å²) in [7, 11) is 4.19. The molecule has 0 saturated carbocycles. The molecule has 1 aromatic heterocycles. The highest BCUT2D eigenvalue weighted by Crippen LogP contribution is 2.34. The van der Waals surface area contributed by atoms with Gasteiger partial charge in [-0.2, -0.15) is 0 Å². The van der Waals surface area contributed by atoms with Crippen molar-refractivity contribution in [3.8, 4) is 0 Å². The normalized spacial score (nSPS) is 20.5. The van der Waals surface area contributed by atoms with E-state index < -0.39 is 11.3 Å². The number of hydrogen-bond acceptors (Lipinski definition) is 3. The Morgan fingerprint density at radius 3 is 2.86 bits per heavy atom. The molecule has 3 rings (SSSR count). The summed E-state index contributed by atoms with van der Waals surface area (Å²) >= 11 is 1.24. The Morgan fingerprint density at radius 1 is 1.43 bits per heavy atom. The smallest absolute Gasteiger partial charge is 0.0610 e. The van der Waals surface area contributed by atoms with E-state index in [1.54, 1.807) is 0 Å². The van der Waals surface area contributed by atoms with E-state index in [-0.39, 0.29) is 0 Å². The molecule has 0 radical (unpaired) electrons. The summed E-state index contributed by atoms with van der Waals surface area (Å²) in [5, 5.41) is 1.05. The van der Waals surface area contributed by atoms with Crippen molar-refractivity contribution in [3.05, 3.63) is 33.9 Å². The third-order valence-electron chi connectivity index (χ3n) is 4.37. The Bertz CT molecular complexity index is 711. The van der Waals surface area contributed by atoms with Crippen LogP contribution in [0.15, 0.2) is 22.7 Å². The molecule has 0 saturated heterocycles. The van der Waals surface area contributed by atoms with Crippen LogP contribution in [-0.2, 0) is 24.1 Å². The minimum Gasteiger partial charge on any atom is -0.755 e. The lowest BCUT2D eigenvalue weighted by Gasteiger charge is -2.22. The molecule has 1 heterocycles. The van der Waals surface area contributed by atoms with Crippen LogP contribution in [0.2, 0.25) is 0 Å². The van der Waals surface area contributed by atoms with Gasteiger partial charge in [0, 0.05) is 21.6 Å². The van der Waals surface area contributed by atoms with Crippen LogP contribution in [0.1, 0.15) is 24.1 Å². The average Bonchev–Trinajstić information content (AvgIpc) is 2.58. The fraction of sp³-hybridized carbons (Fsp3) is 0.467. The first-order valence-corrected chi connectivity index (χ1v) is 8.89. The molecule has 114 valence electrons. The fourth-order valence-electron chi connectivity index (χ4n) is 3.28. The number of halogens is 1. The van der Waals surface area contributed by atoms with E-state index in [1.807, 2.05) is 18.2 Å². The number of rotatable bonds is 2. The van der Waals surface area contributed by atoms with Gasteiger partial charge in [-0.05, 0) is 63.5 Å². The molecule has 2 unspecified atom stereocenters. The van der Waals surface area contributed by atoms with Gasteiger partial charge in [-0.15, -0.1) is 0 Å². The van der Waals surface area contributed by atoms with Crippen LogP contribution in [0.4, 0.5) is 0 Å². The summed E-state index contributed by atoms with van der Waals surface area (Å²) in [6.07, 6.45) is 3.84. The molecule has 2 atom stereocenters. The lowest BCUT2D eigenvalue weighted by Crippen LogP contribution is -2.29. The molecule has 0 fully saturated rings. The maximum atomic E-state index is 11.7. The van der Waals surface area contributed by atoms with E-state index in [4.69, 9.17) is 0 Å². The Hall–Kier alpha value is -0.690. The third-order valence-corrected chi connectivity index (χ3v) is 5.57. The highest BCUT2D eigenvalue weighted by atomic mass is 79.9. The molecule has 2 aromatic rings. The first-order chi connectivity index (χ1) is 9.99. The van der Waals surface area contributed by atoms with E-state index >= 15 is 0 Å². The molecular formula is C15H18BrN2O2S-. The highest BCUT2D eigenvalue weighted by Gasteiger charge is 2.25. The zero-order chi connectivity index (χ0) is 15.1. The molecule has 0 spiro atoms. The third kappa shape index (κ3) is 2.70. The first kappa shape index (κ1) is 15.2. The number of fused-ring (bicyclic) bond motifs is 3. The SMILES string of the molecule is CN(C)C1CCCc2c(c3cc(Br)ccc3n2S(=O)[O-])C1. The molecular weight excluding hydrogens is 352 g/mol. The number of likely N-dealkylation sites (N-methyl/N-ethyl adjacent to an activating group) is 1. The lowest BCUT2D eigenvalue weighted by atomic mass is 10.0. The van der Waals surface area contributed by atoms with Gasteiger partial charge in [-0.25, -0.2) is 0 Å². The largest absolute Gasteiger partial charge is 0.755 e. The van der Waals surface area contributed by atoms with Crippen molar-refractivity contribution in [3.63, 3.8) is 0 Å². The standard InChI is InChI=1S/C15H19BrN2O2S/c1-17(2)11-4-3-5-14-13(9-11)12-8-10(16)6-7-15(12)18(14)21(19)20/h6-8,11H,3-5,9H2,1-2H3,(H,19,20)/p-1. The Labute approximate surface area is 135 Å². The number of aromatic nitrogens is 1. The van der Waals surface area contributed by atoms with Crippen LogP contribution in [0, 0.1) is 0 Å². The molecule has 0 bridgehead atoms. The van der Waals surface area contributed by atoms with Crippen molar-refractivity contribution in [2.75, 3.05) is 14.1 Å². The van der Waals surface area contributed by atoms with E-state index in [0.29, 0.717) is 6.04 Å². The van der Waals surface area contributed by atoms with Crippen LogP contribution in [0.5, 0.6) is 0 Å². The van der Waals surface area contributed by atoms with Crippen molar-refractivity contribution < 1.29 is 8.76 Å². The van der Waals surface area contributed by atoms with Gasteiger partial charge >= 0.3 is 0 Å². The Kier molecular flexibility index (Phi) is 4.23. The molecule has 0 amide bonds. The summed E-state index contributed by atoms with van der Waals surface area (Å²) in [5.74, 6) is 0. The minimum absolute atomic E-state index is 0.462. The van der Waals surface area contributed by atoms with Crippen LogP contribution in [-0.4, -0.2) is 37.8 Å². The summed E-state index contributed by atoms with van der Waals surface area (Å²) in [4.78, 5) is 2.24. The molecule has 1 aromatic carbocycles. The van der Waals surface area contributed by atoms with Gasteiger partial charge < -0.3 is 9.45 Å². The summed E-state index contributed by atoms with van der Waals surface area (Å²) in [5.41, 5.74) is 2.93. The average molecular weight is 370 g/mol. The molecule has 1 aliphatic rings. The van der Waals surface area contributed by atoms with Crippen LogP contribution < -0.4 is 0 Å². The first-order valence-electron chi connectivity index (χ1n) is 7.07. The maximum absolute atomic E-state index is 11.7. The lowest BCUT2D eigenvalue weighted by molar-refractivity contribution is 0.277. The zero-order valence-corrected chi connectivity index (χ0v) is 14.5. The quantitative estimate of drug-likeness (QED) is 0.603. The van der Waals surface area contributed by atoms with E-state index in [1.165, 1.54) is 9.54 Å². The van der Waals surface area contributed by atoms with Gasteiger partial charge in [0.25, 0.3) is 0 Å². The second kappa shape index (κ2) is 5.83. The molecule has 4 nitrogen and oxygen atoms in total. The van der Waals surface area contributed by atoms with Gasteiger partial charge in [0.2, 0.25) is 0 Å². The fourth-order valence-corrected chi connectivity index (χ4v) is 4.35. The predicted octanol–water partition coefficient (Wildman–Crippen LogP) is 2.86. The van der Waals surface area contributed by atoms with Gasteiger partial charge in [0.05, 0.1) is 16.8 Å². The summed E-state index contributed by atoms with van der Waals surface area (Å²) in [6, 6.07) is 6.28. The zero-order valence-electron chi connectivity index (χ0n) is 12.1. The van der Waals surface area contributed by atoms with E-state index in [0.717, 1.165) is 46.8 Å².